The van der Waals surface area contributed by atoms with Crippen molar-refractivity contribution >= 4 is 27.6 Å². The SMILES string of the molecule is CC(C)Oc1ccc2c(c1)c1c(N)c3c(nc1n2CCCN(C)C)CCCC3. The quantitative estimate of drug-likeness (QED) is 0.689. The zero-order valence-corrected chi connectivity index (χ0v) is 17.6. The first-order valence-electron chi connectivity index (χ1n) is 10.5. The lowest BCUT2D eigenvalue weighted by Crippen LogP contribution is -2.15. The number of ether oxygens (including phenoxy) is 1. The molecule has 28 heavy (non-hydrogen) atoms. The summed E-state index contributed by atoms with van der Waals surface area (Å²) in [7, 11) is 4.24. The second-order valence-corrected chi connectivity index (χ2v) is 8.51. The summed E-state index contributed by atoms with van der Waals surface area (Å²) in [6.07, 6.45) is 5.71. The van der Waals surface area contributed by atoms with Crippen LogP contribution in [0.25, 0.3) is 21.9 Å². The molecule has 5 heteroatoms. The summed E-state index contributed by atoms with van der Waals surface area (Å²) >= 11 is 0. The van der Waals surface area contributed by atoms with Crippen molar-refractivity contribution < 1.29 is 4.74 Å². The molecule has 0 bridgehead atoms. The van der Waals surface area contributed by atoms with Crippen molar-refractivity contribution in [1.29, 1.82) is 0 Å². The van der Waals surface area contributed by atoms with Crippen molar-refractivity contribution in [1.82, 2.24) is 14.5 Å². The third kappa shape index (κ3) is 3.44. The van der Waals surface area contributed by atoms with Crippen LogP contribution in [0.1, 0.15) is 44.4 Å². The second kappa shape index (κ2) is 7.63. The molecule has 2 aromatic heterocycles. The van der Waals surface area contributed by atoms with E-state index in [-0.39, 0.29) is 6.10 Å². The molecule has 2 N–H and O–H groups in total. The number of fused-ring (bicyclic) bond motifs is 4. The summed E-state index contributed by atoms with van der Waals surface area (Å²) in [4.78, 5) is 7.36. The van der Waals surface area contributed by atoms with Crippen LogP contribution in [0.15, 0.2) is 18.2 Å². The van der Waals surface area contributed by atoms with E-state index in [0.29, 0.717) is 0 Å². The van der Waals surface area contributed by atoms with Gasteiger partial charge < -0.3 is 19.9 Å². The predicted molar refractivity (Wildman–Crippen MR) is 117 cm³/mol. The van der Waals surface area contributed by atoms with Gasteiger partial charge in [0.15, 0.2) is 0 Å². The minimum absolute atomic E-state index is 0.147. The van der Waals surface area contributed by atoms with Crippen LogP contribution < -0.4 is 10.5 Å². The van der Waals surface area contributed by atoms with E-state index >= 15 is 0 Å². The molecule has 0 amide bonds. The Morgan fingerprint density at radius 2 is 2.00 bits per heavy atom. The second-order valence-electron chi connectivity index (χ2n) is 8.51. The molecule has 0 fully saturated rings. The molecule has 0 saturated heterocycles. The van der Waals surface area contributed by atoms with E-state index in [1.807, 2.05) is 0 Å². The van der Waals surface area contributed by atoms with Gasteiger partial charge in [0.25, 0.3) is 0 Å². The zero-order valence-electron chi connectivity index (χ0n) is 17.6. The molecule has 2 heterocycles. The Balaban J connectivity index is 1.92. The Hall–Kier alpha value is -2.27. The molecular weight excluding hydrogens is 348 g/mol. The maximum Gasteiger partial charge on any atom is 0.143 e. The summed E-state index contributed by atoms with van der Waals surface area (Å²) in [5.74, 6) is 0.895. The van der Waals surface area contributed by atoms with E-state index in [1.165, 1.54) is 29.6 Å². The molecule has 0 unspecified atom stereocenters. The molecular formula is C23H32N4O. The fourth-order valence-electron chi connectivity index (χ4n) is 4.40. The standard InChI is InChI=1S/C23H32N4O/c1-15(2)28-16-10-11-20-18(14-16)21-22(24)17-8-5-6-9-19(17)25-23(21)27(20)13-7-12-26(3)4/h10-11,14-15H,5-9,12-13H2,1-4H3,(H2,24,25). The molecule has 0 saturated carbocycles. The summed E-state index contributed by atoms with van der Waals surface area (Å²) in [5, 5.41) is 2.27. The van der Waals surface area contributed by atoms with Crippen molar-refractivity contribution in [3.63, 3.8) is 0 Å². The van der Waals surface area contributed by atoms with Crippen LogP contribution in [0.2, 0.25) is 0 Å². The minimum atomic E-state index is 0.147. The average Bonchev–Trinajstić information content (AvgIpc) is 2.94. The first kappa shape index (κ1) is 19.1. The molecule has 1 aliphatic carbocycles. The Morgan fingerprint density at radius 1 is 1.21 bits per heavy atom. The van der Waals surface area contributed by atoms with E-state index in [2.05, 4.69) is 55.6 Å². The molecule has 0 radical (unpaired) electrons. The zero-order chi connectivity index (χ0) is 19.8. The van der Waals surface area contributed by atoms with E-state index in [9.17, 15) is 0 Å². The number of pyridine rings is 1. The highest BCUT2D eigenvalue weighted by Gasteiger charge is 2.22. The van der Waals surface area contributed by atoms with Gasteiger partial charge in [-0.1, -0.05) is 0 Å². The first-order valence-corrected chi connectivity index (χ1v) is 10.5. The number of hydrogen-bond donors (Lipinski definition) is 1. The highest BCUT2D eigenvalue weighted by Crippen LogP contribution is 2.39. The number of nitrogens with zero attached hydrogens (tertiary/aromatic N) is 3. The third-order valence-electron chi connectivity index (χ3n) is 5.64. The van der Waals surface area contributed by atoms with Gasteiger partial charge in [0, 0.05) is 23.3 Å². The van der Waals surface area contributed by atoms with Crippen LogP contribution in [0.5, 0.6) is 5.75 Å². The lowest BCUT2D eigenvalue weighted by atomic mass is 9.93. The van der Waals surface area contributed by atoms with Gasteiger partial charge in [-0.05, 0) is 90.4 Å². The van der Waals surface area contributed by atoms with Gasteiger partial charge >= 0.3 is 0 Å². The Morgan fingerprint density at radius 3 is 2.75 bits per heavy atom. The van der Waals surface area contributed by atoms with Gasteiger partial charge in [0.05, 0.1) is 17.0 Å². The normalized spacial score (nSPS) is 14.4. The predicted octanol–water partition coefficient (Wildman–Crippen LogP) is 4.39. The topological polar surface area (TPSA) is 56.3 Å². The third-order valence-corrected chi connectivity index (χ3v) is 5.64. The monoisotopic (exact) mass is 380 g/mol. The van der Waals surface area contributed by atoms with Crippen LogP contribution in [-0.2, 0) is 19.4 Å². The maximum atomic E-state index is 6.75. The van der Waals surface area contributed by atoms with Crippen molar-refractivity contribution in [2.24, 2.45) is 0 Å². The van der Waals surface area contributed by atoms with Crippen LogP contribution >= 0.6 is 0 Å². The minimum Gasteiger partial charge on any atom is -0.491 e. The van der Waals surface area contributed by atoms with Gasteiger partial charge in [-0.2, -0.15) is 0 Å². The van der Waals surface area contributed by atoms with E-state index in [1.54, 1.807) is 0 Å². The van der Waals surface area contributed by atoms with Gasteiger partial charge in [0.1, 0.15) is 11.4 Å². The molecule has 4 rings (SSSR count). The molecule has 0 aliphatic heterocycles. The van der Waals surface area contributed by atoms with Crippen molar-refractivity contribution in [3.05, 3.63) is 29.5 Å². The van der Waals surface area contributed by atoms with Crippen molar-refractivity contribution in [2.45, 2.75) is 58.6 Å². The van der Waals surface area contributed by atoms with Gasteiger partial charge in [-0.3, -0.25) is 0 Å². The van der Waals surface area contributed by atoms with Gasteiger partial charge in [0.2, 0.25) is 0 Å². The number of rotatable bonds is 6. The van der Waals surface area contributed by atoms with Crippen LogP contribution in [0, 0.1) is 0 Å². The molecule has 150 valence electrons. The highest BCUT2D eigenvalue weighted by atomic mass is 16.5. The molecule has 0 atom stereocenters. The van der Waals surface area contributed by atoms with Gasteiger partial charge in [-0.15, -0.1) is 0 Å². The number of benzene rings is 1. The summed E-state index contributed by atoms with van der Waals surface area (Å²) in [6, 6.07) is 6.38. The number of aromatic nitrogens is 2. The maximum absolute atomic E-state index is 6.75. The average molecular weight is 381 g/mol. The van der Waals surface area contributed by atoms with E-state index in [4.69, 9.17) is 15.5 Å². The summed E-state index contributed by atoms with van der Waals surface area (Å²) in [6.45, 7) is 6.10. The van der Waals surface area contributed by atoms with E-state index in [0.717, 1.165) is 60.2 Å². The largest absolute Gasteiger partial charge is 0.491 e. The molecule has 5 nitrogen and oxygen atoms in total. The van der Waals surface area contributed by atoms with Crippen LogP contribution in [0.4, 0.5) is 5.69 Å². The van der Waals surface area contributed by atoms with Crippen molar-refractivity contribution in [2.75, 3.05) is 26.4 Å². The van der Waals surface area contributed by atoms with Crippen LogP contribution in [-0.4, -0.2) is 41.2 Å². The Bertz CT molecular complexity index is 1000. The van der Waals surface area contributed by atoms with Gasteiger partial charge in [-0.25, -0.2) is 4.98 Å². The van der Waals surface area contributed by atoms with Crippen LogP contribution in [0.3, 0.4) is 0 Å². The Kier molecular flexibility index (Phi) is 5.19. The first-order chi connectivity index (χ1) is 13.5. The Labute approximate surface area is 167 Å². The summed E-state index contributed by atoms with van der Waals surface area (Å²) < 4.78 is 8.33. The molecule has 1 aromatic carbocycles. The number of anilines is 1. The molecule has 3 aromatic rings. The lowest BCUT2D eigenvalue weighted by Gasteiger charge is -2.18. The number of hydrogen-bond acceptors (Lipinski definition) is 4. The molecule has 0 spiro atoms. The lowest BCUT2D eigenvalue weighted by molar-refractivity contribution is 0.243. The highest BCUT2D eigenvalue weighted by molar-refractivity contribution is 6.13. The number of nitrogen functional groups attached to an aromatic ring is 1. The smallest absolute Gasteiger partial charge is 0.143 e. The van der Waals surface area contributed by atoms with E-state index < -0.39 is 0 Å². The number of nitrogens with two attached hydrogens (primary N) is 1. The fourth-order valence-corrected chi connectivity index (χ4v) is 4.40. The van der Waals surface area contributed by atoms with Crippen molar-refractivity contribution in [3.8, 4) is 5.75 Å². The summed E-state index contributed by atoms with van der Waals surface area (Å²) in [5.41, 5.74) is 12.4. The fraction of sp³-hybridized carbons (Fsp3) is 0.522. The molecule has 1 aliphatic rings. The number of aryl methyl sites for hydroxylation is 2.